The Bertz CT molecular complexity index is 669. The van der Waals surface area contributed by atoms with Gasteiger partial charge in [-0.3, -0.25) is 9.59 Å². The van der Waals surface area contributed by atoms with Crippen molar-refractivity contribution in [3.63, 3.8) is 0 Å². The lowest BCUT2D eigenvalue weighted by atomic mass is 10.2. The standard InChI is InChI=1S/C19H23N3O2/c1-3-13-20-19(24)15-9-11-16(12-10-15)21-18(23)14-22(2)17-7-5-4-6-8-17/h4-12H,3,13-14H2,1-2H3,(H,20,24)(H,21,23). The van der Waals surface area contributed by atoms with E-state index >= 15 is 0 Å². The van der Waals surface area contributed by atoms with E-state index in [0.717, 1.165) is 12.1 Å². The van der Waals surface area contributed by atoms with Gasteiger partial charge in [0, 0.05) is 30.5 Å². The molecule has 5 heteroatoms. The molecule has 0 unspecified atom stereocenters. The number of hydrogen-bond donors (Lipinski definition) is 2. The molecule has 0 spiro atoms. The number of para-hydroxylation sites is 1. The van der Waals surface area contributed by atoms with E-state index in [0.29, 0.717) is 17.8 Å². The molecule has 0 atom stereocenters. The molecule has 126 valence electrons. The molecule has 0 aromatic heterocycles. The van der Waals surface area contributed by atoms with Crippen LogP contribution in [-0.4, -0.2) is 32.0 Å². The summed E-state index contributed by atoms with van der Waals surface area (Å²) < 4.78 is 0. The van der Waals surface area contributed by atoms with Gasteiger partial charge in [0.05, 0.1) is 6.54 Å². The van der Waals surface area contributed by atoms with Crippen LogP contribution in [0, 0.1) is 0 Å². The second-order valence-corrected chi connectivity index (χ2v) is 5.57. The number of hydrogen-bond acceptors (Lipinski definition) is 3. The minimum atomic E-state index is -0.107. The lowest BCUT2D eigenvalue weighted by Gasteiger charge is -2.18. The minimum Gasteiger partial charge on any atom is -0.365 e. The molecule has 0 bridgehead atoms. The summed E-state index contributed by atoms with van der Waals surface area (Å²) in [4.78, 5) is 25.8. The SMILES string of the molecule is CCCNC(=O)c1ccc(NC(=O)CN(C)c2ccccc2)cc1. The minimum absolute atomic E-state index is 0.0986. The largest absolute Gasteiger partial charge is 0.365 e. The van der Waals surface area contributed by atoms with Gasteiger partial charge in [-0.05, 0) is 42.8 Å². The summed E-state index contributed by atoms with van der Waals surface area (Å²) >= 11 is 0. The molecule has 2 amide bonds. The van der Waals surface area contributed by atoms with Crippen LogP contribution in [0.4, 0.5) is 11.4 Å². The number of nitrogens with one attached hydrogen (secondary N) is 2. The number of rotatable bonds is 7. The van der Waals surface area contributed by atoms with Gasteiger partial charge in [0.2, 0.25) is 5.91 Å². The van der Waals surface area contributed by atoms with Crippen LogP contribution in [0.15, 0.2) is 54.6 Å². The Morgan fingerprint density at radius 1 is 1.00 bits per heavy atom. The molecule has 0 saturated carbocycles. The van der Waals surface area contributed by atoms with Gasteiger partial charge in [-0.1, -0.05) is 25.1 Å². The molecule has 0 radical (unpaired) electrons. The van der Waals surface area contributed by atoms with E-state index in [1.807, 2.05) is 49.2 Å². The first-order chi connectivity index (χ1) is 11.6. The molecule has 2 rings (SSSR count). The molecule has 0 aliphatic rings. The van der Waals surface area contributed by atoms with E-state index in [1.165, 1.54) is 0 Å². The highest BCUT2D eigenvalue weighted by Crippen LogP contribution is 2.12. The highest BCUT2D eigenvalue weighted by molar-refractivity contribution is 5.96. The fourth-order valence-corrected chi connectivity index (χ4v) is 2.24. The first-order valence-electron chi connectivity index (χ1n) is 8.04. The maximum atomic E-state index is 12.1. The van der Waals surface area contributed by atoms with Crippen LogP contribution in [0.2, 0.25) is 0 Å². The number of carbonyl (C=O) groups is 2. The fraction of sp³-hybridized carbons (Fsp3) is 0.263. The van der Waals surface area contributed by atoms with Crippen molar-refractivity contribution in [2.45, 2.75) is 13.3 Å². The number of likely N-dealkylation sites (N-methyl/N-ethyl adjacent to an activating group) is 1. The van der Waals surface area contributed by atoms with E-state index in [2.05, 4.69) is 10.6 Å². The van der Waals surface area contributed by atoms with E-state index < -0.39 is 0 Å². The summed E-state index contributed by atoms with van der Waals surface area (Å²) in [5, 5.41) is 5.66. The maximum Gasteiger partial charge on any atom is 0.251 e. The third kappa shape index (κ3) is 5.12. The molecule has 0 aliphatic heterocycles. The average molecular weight is 325 g/mol. The molecule has 0 heterocycles. The fourth-order valence-electron chi connectivity index (χ4n) is 2.24. The maximum absolute atomic E-state index is 12.1. The summed E-state index contributed by atoms with van der Waals surface area (Å²) in [6, 6.07) is 16.6. The topological polar surface area (TPSA) is 61.4 Å². The predicted molar refractivity (Wildman–Crippen MR) is 97.4 cm³/mol. The van der Waals surface area contributed by atoms with Crippen molar-refractivity contribution in [1.82, 2.24) is 5.32 Å². The van der Waals surface area contributed by atoms with E-state index in [9.17, 15) is 9.59 Å². The average Bonchev–Trinajstić information content (AvgIpc) is 2.61. The van der Waals surface area contributed by atoms with Crippen LogP contribution >= 0.6 is 0 Å². The molecule has 0 saturated heterocycles. The van der Waals surface area contributed by atoms with Gasteiger partial charge in [0.1, 0.15) is 0 Å². The van der Waals surface area contributed by atoms with E-state index in [-0.39, 0.29) is 18.4 Å². The van der Waals surface area contributed by atoms with E-state index in [4.69, 9.17) is 0 Å². The van der Waals surface area contributed by atoms with Crippen LogP contribution in [0.25, 0.3) is 0 Å². The van der Waals surface area contributed by atoms with Gasteiger partial charge in [-0.2, -0.15) is 0 Å². The zero-order valence-corrected chi connectivity index (χ0v) is 14.1. The monoisotopic (exact) mass is 325 g/mol. The molecule has 5 nitrogen and oxygen atoms in total. The number of benzene rings is 2. The summed E-state index contributed by atoms with van der Waals surface area (Å²) in [5.41, 5.74) is 2.24. The number of anilines is 2. The van der Waals surface area contributed by atoms with Crippen LogP contribution in [0.3, 0.4) is 0 Å². The van der Waals surface area contributed by atoms with Gasteiger partial charge < -0.3 is 15.5 Å². The second-order valence-electron chi connectivity index (χ2n) is 5.57. The van der Waals surface area contributed by atoms with Gasteiger partial charge in [-0.25, -0.2) is 0 Å². The molecule has 2 aromatic carbocycles. The van der Waals surface area contributed by atoms with Gasteiger partial charge in [0.25, 0.3) is 5.91 Å². The Balaban J connectivity index is 1.89. The number of nitrogens with zero attached hydrogens (tertiary/aromatic N) is 1. The Morgan fingerprint density at radius 3 is 2.29 bits per heavy atom. The van der Waals surface area contributed by atoms with Crippen LogP contribution < -0.4 is 15.5 Å². The summed E-state index contributed by atoms with van der Waals surface area (Å²) in [5.74, 6) is -0.205. The predicted octanol–water partition coefficient (Wildman–Crippen LogP) is 2.90. The van der Waals surface area contributed by atoms with Crippen LogP contribution in [0.5, 0.6) is 0 Å². The molecule has 2 N–H and O–H groups in total. The van der Waals surface area contributed by atoms with Crippen molar-refractivity contribution in [2.75, 3.05) is 30.4 Å². The van der Waals surface area contributed by atoms with Crippen LogP contribution in [0.1, 0.15) is 23.7 Å². The zero-order chi connectivity index (χ0) is 17.4. The molecule has 24 heavy (non-hydrogen) atoms. The molecular formula is C19H23N3O2. The molecule has 0 fully saturated rings. The van der Waals surface area contributed by atoms with Crippen molar-refractivity contribution in [1.29, 1.82) is 0 Å². The van der Waals surface area contributed by atoms with Crippen molar-refractivity contribution in [3.8, 4) is 0 Å². The number of carbonyl (C=O) groups excluding carboxylic acids is 2. The quantitative estimate of drug-likeness (QED) is 0.823. The molecular weight excluding hydrogens is 302 g/mol. The zero-order valence-electron chi connectivity index (χ0n) is 14.1. The first-order valence-corrected chi connectivity index (χ1v) is 8.04. The molecule has 2 aromatic rings. The Morgan fingerprint density at radius 2 is 1.67 bits per heavy atom. The number of amides is 2. The summed E-state index contributed by atoms with van der Waals surface area (Å²) in [6.07, 6.45) is 0.898. The van der Waals surface area contributed by atoms with E-state index in [1.54, 1.807) is 24.3 Å². The van der Waals surface area contributed by atoms with Crippen LogP contribution in [-0.2, 0) is 4.79 Å². The van der Waals surface area contributed by atoms with Crippen molar-refractivity contribution in [2.24, 2.45) is 0 Å². The third-order valence-electron chi connectivity index (χ3n) is 3.54. The highest BCUT2D eigenvalue weighted by atomic mass is 16.2. The van der Waals surface area contributed by atoms with Gasteiger partial charge in [0.15, 0.2) is 0 Å². The highest BCUT2D eigenvalue weighted by Gasteiger charge is 2.09. The summed E-state index contributed by atoms with van der Waals surface area (Å²) in [6.45, 7) is 2.91. The smallest absolute Gasteiger partial charge is 0.251 e. The third-order valence-corrected chi connectivity index (χ3v) is 3.54. The van der Waals surface area contributed by atoms with Crippen molar-refractivity contribution >= 4 is 23.2 Å². The molecule has 0 aliphatic carbocycles. The normalized spacial score (nSPS) is 10.1. The van der Waals surface area contributed by atoms with Gasteiger partial charge in [-0.15, -0.1) is 0 Å². The lowest BCUT2D eigenvalue weighted by molar-refractivity contribution is -0.114. The van der Waals surface area contributed by atoms with Crippen molar-refractivity contribution < 1.29 is 9.59 Å². The first kappa shape index (κ1) is 17.5. The second kappa shape index (κ2) is 8.72. The van der Waals surface area contributed by atoms with Gasteiger partial charge >= 0.3 is 0 Å². The Kier molecular flexibility index (Phi) is 6.37. The van der Waals surface area contributed by atoms with Crippen molar-refractivity contribution in [3.05, 3.63) is 60.2 Å². The Hall–Kier alpha value is -2.82. The Labute approximate surface area is 142 Å². The lowest BCUT2D eigenvalue weighted by Crippen LogP contribution is -2.30. The summed E-state index contributed by atoms with van der Waals surface area (Å²) in [7, 11) is 1.87.